The summed E-state index contributed by atoms with van der Waals surface area (Å²) in [5.74, 6) is 0.586. The molecule has 0 aliphatic heterocycles. The van der Waals surface area contributed by atoms with Crippen molar-refractivity contribution in [2.45, 2.75) is 0 Å². The zero-order chi connectivity index (χ0) is 42.9. The van der Waals surface area contributed by atoms with Crippen LogP contribution in [0.3, 0.4) is 0 Å². The summed E-state index contributed by atoms with van der Waals surface area (Å²) in [5.41, 5.74) is 9.26. The second-order valence-corrected chi connectivity index (χ2v) is 21.9. The van der Waals surface area contributed by atoms with Crippen LogP contribution in [-0.4, -0.2) is 32.5 Å². The maximum absolute atomic E-state index is 10.5. The molecule has 9 aromatic carbocycles. The van der Waals surface area contributed by atoms with E-state index < -0.39 is 8.07 Å². The summed E-state index contributed by atoms with van der Waals surface area (Å²) in [4.78, 5) is 10.2. The van der Waals surface area contributed by atoms with E-state index in [0.717, 1.165) is 22.3 Å². The number of hydrogen-bond donors (Lipinski definition) is 0. The van der Waals surface area contributed by atoms with Gasteiger partial charge in [0.25, 0.3) is 0 Å². The minimum atomic E-state index is -2.71. The topological polar surface area (TPSA) is 49.6 Å². The van der Waals surface area contributed by atoms with Crippen LogP contribution in [0.5, 0.6) is 0 Å². The van der Waals surface area contributed by atoms with Crippen molar-refractivity contribution in [3.63, 3.8) is 0 Å². The van der Waals surface area contributed by atoms with Gasteiger partial charge < -0.3 is 0 Å². The quantitative estimate of drug-likeness (QED) is 0.107. The van der Waals surface area contributed by atoms with Gasteiger partial charge in [-0.1, -0.05) is 0 Å². The zero-order valence-corrected chi connectivity index (χ0v) is 37.5. The Balaban J connectivity index is 1.06. The van der Waals surface area contributed by atoms with Crippen molar-refractivity contribution in [3.05, 3.63) is 242 Å². The molecular formula is C59H39N3SeSi. The molecule has 0 saturated heterocycles. The molecule has 0 saturated carbocycles. The average Bonchev–Trinajstić information content (AvgIpc) is 3.77. The van der Waals surface area contributed by atoms with Crippen LogP contribution < -0.4 is 20.7 Å². The zero-order valence-electron chi connectivity index (χ0n) is 34.8. The standard InChI is InChI=1S/C59H39N3SeSi/c60-40-54-55(41-20-6-1-7-21-41)61-59(62-56(54)42-22-8-2-9-23-42)45-26-16-24-43(38-45)50-34-18-36-52-53-37-19-35-51(58(53)63-57(50)52)44-25-17-33-49(39-44)64(46-27-10-3-11-28-46,47-29-12-4-13-30-47)48-31-14-5-15-32-48/h1-39H. The van der Waals surface area contributed by atoms with Crippen molar-refractivity contribution in [1.82, 2.24) is 9.97 Å². The van der Waals surface area contributed by atoms with Crippen molar-refractivity contribution in [3.8, 4) is 62.2 Å². The first-order chi connectivity index (χ1) is 31.7. The van der Waals surface area contributed by atoms with Gasteiger partial charge in [0.2, 0.25) is 0 Å². The first kappa shape index (κ1) is 39.2. The third-order valence-corrected chi connectivity index (χ3v) is 19.8. The summed E-state index contributed by atoms with van der Waals surface area (Å²) >= 11 is 0.0303. The molecule has 3 nitrogen and oxygen atoms in total. The van der Waals surface area contributed by atoms with Crippen LogP contribution in [0, 0.1) is 11.3 Å². The first-order valence-electron chi connectivity index (χ1n) is 21.5. The predicted octanol–water partition coefficient (Wildman–Crippen LogP) is 11.4. The van der Waals surface area contributed by atoms with Crippen molar-refractivity contribution < 1.29 is 0 Å². The Hall–Kier alpha value is -7.71. The number of nitriles is 1. The van der Waals surface area contributed by atoms with Crippen LogP contribution in [0.2, 0.25) is 0 Å². The summed E-state index contributed by atoms with van der Waals surface area (Å²) in [7, 11) is -2.71. The molecule has 0 fully saturated rings. The van der Waals surface area contributed by atoms with E-state index in [2.05, 4.69) is 182 Å². The van der Waals surface area contributed by atoms with Crippen LogP contribution in [0.1, 0.15) is 5.56 Å². The Morgan fingerprint density at radius 3 is 1.20 bits per heavy atom. The summed E-state index contributed by atoms with van der Waals surface area (Å²) in [6.07, 6.45) is 0. The van der Waals surface area contributed by atoms with Crippen molar-refractivity contribution in [2.75, 3.05) is 0 Å². The SMILES string of the molecule is N#Cc1c(-c2ccccc2)nc(-c2cccc(-c3cccc4c3[se]c3c(-c5cccc([Si](c6ccccc6)(c6ccccc6)c6ccccc6)c5)cccc34)c2)nc1-c1ccccc1. The van der Waals surface area contributed by atoms with Crippen molar-refractivity contribution in [2.24, 2.45) is 0 Å². The summed E-state index contributed by atoms with van der Waals surface area (Å²) in [6.45, 7) is 0. The Labute approximate surface area is 380 Å². The number of hydrogen-bond acceptors (Lipinski definition) is 3. The summed E-state index contributed by atoms with van der Waals surface area (Å²) in [5, 5.41) is 18.6. The van der Waals surface area contributed by atoms with E-state index in [0.29, 0.717) is 22.8 Å². The second-order valence-electron chi connectivity index (χ2n) is 15.9. The van der Waals surface area contributed by atoms with Gasteiger partial charge in [0.15, 0.2) is 0 Å². The van der Waals surface area contributed by atoms with E-state index >= 15 is 0 Å². The summed E-state index contributed by atoms with van der Waals surface area (Å²) in [6, 6.07) is 87.4. The van der Waals surface area contributed by atoms with Gasteiger partial charge in [0.05, 0.1) is 0 Å². The molecule has 0 N–H and O–H groups in total. The first-order valence-corrected chi connectivity index (χ1v) is 25.2. The fraction of sp³-hybridized carbons (Fsp3) is 0. The van der Waals surface area contributed by atoms with Crippen molar-refractivity contribution in [1.29, 1.82) is 5.26 Å². The van der Waals surface area contributed by atoms with E-state index in [1.54, 1.807) is 0 Å². The average molecular weight is 897 g/mol. The maximum atomic E-state index is 10.5. The van der Waals surface area contributed by atoms with E-state index in [4.69, 9.17) is 9.97 Å². The van der Waals surface area contributed by atoms with Crippen LogP contribution >= 0.6 is 0 Å². The normalized spacial score (nSPS) is 11.4. The molecule has 0 atom stereocenters. The van der Waals surface area contributed by atoms with Crippen molar-refractivity contribution >= 4 is 62.6 Å². The molecular weight excluding hydrogens is 858 g/mol. The third kappa shape index (κ3) is 6.82. The number of aromatic nitrogens is 2. The van der Waals surface area contributed by atoms with Crippen LogP contribution in [0.4, 0.5) is 0 Å². The predicted molar refractivity (Wildman–Crippen MR) is 269 cm³/mol. The Morgan fingerprint density at radius 2 is 0.734 bits per heavy atom. The van der Waals surface area contributed by atoms with Crippen LogP contribution in [0.25, 0.3) is 75.4 Å². The molecule has 2 heterocycles. The molecule has 0 bridgehead atoms. The molecule has 0 spiro atoms. The Morgan fingerprint density at radius 1 is 0.359 bits per heavy atom. The number of nitrogens with zero attached hydrogens (tertiary/aromatic N) is 3. The van der Waals surface area contributed by atoms with Gasteiger partial charge in [-0.15, -0.1) is 0 Å². The van der Waals surface area contributed by atoms with E-state index in [1.807, 2.05) is 60.7 Å². The molecule has 0 unspecified atom stereocenters. The van der Waals surface area contributed by atoms with Gasteiger partial charge in [-0.25, -0.2) is 0 Å². The molecule has 11 rings (SSSR count). The number of fused-ring (bicyclic) bond motifs is 3. The molecule has 300 valence electrons. The molecule has 0 amide bonds. The van der Waals surface area contributed by atoms with Gasteiger partial charge in [0, 0.05) is 0 Å². The van der Waals surface area contributed by atoms with Crippen LogP contribution in [0.15, 0.2) is 237 Å². The van der Waals surface area contributed by atoms with Gasteiger partial charge in [-0.05, 0) is 0 Å². The minimum absolute atomic E-state index is 0.0303. The molecule has 2 aromatic heterocycles. The van der Waals surface area contributed by atoms with Gasteiger partial charge in [0.1, 0.15) is 0 Å². The molecule has 0 aliphatic rings. The monoisotopic (exact) mass is 897 g/mol. The number of rotatable bonds is 9. The molecule has 11 aromatic rings. The summed E-state index contributed by atoms with van der Waals surface area (Å²) < 4.78 is 2.79. The number of benzene rings is 9. The van der Waals surface area contributed by atoms with E-state index in [-0.39, 0.29) is 14.5 Å². The van der Waals surface area contributed by atoms with Gasteiger partial charge >= 0.3 is 382 Å². The Kier molecular flexibility index (Phi) is 10.3. The fourth-order valence-corrected chi connectivity index (χ4v) is 17.1. The molecule has 5 heteroatoms. The Bertz CT molecular complexity index is 3340. The molecule has 64 heavy (non-hydrogen) atoms. The molecule has 0 aliphatic carbocycles. The van der Waals surface area contributed by atoms with Crippen LogP contribution in [-0.2, 0) is 0 Å². The second kappa shape index (κ2) is 16.9. The van der Waals surface area contributed by atoms with E-state index in [1.165, 1.54) is 56.7 Å². The fourth-order valence-electron chi connectivity index (χ4n) is 9.39. The third-order valence-electron chi connectivity index (χ3n) is 12.3. The molecule has 0 radical (unpaired) electrons. The van der Waals surface area contributed by atoms with Gasteiger partial charge in [-0.2, -0.15) is 0 Å². The van der Waals surface area contributed by atoms with Gasteiger partial charge in [-0.3, -0.25) is 0 Å². The van der Waals surface area contributed by atoms with E-state index in [9.17, 15) is 5.26 Å².